The number of nitrogens with zero attached hydrogens (tertiary/aromatic N) is 1. The maximum Gasteiger partial charge on any atom is 0.252 e. The number of aromatic nitrogens is 1. The third kappa shape index (κ3) is 3.38. The van der Waals surface area contributed by atoms with Gasteiger partial charge in [0.1, 0.15) is 0 Å². The molecule has 1 aromatic carbocycles. The Morgan fingerprint density at radius 3 is 2.78 bits per heavy atom. The molecule has 0 spiro atoms. The van der Waals surface area contributed by atoms with Crippen LogP contribution in [0.25, 0.3) is 21.5 Å². The normalized spacial score (nSPS) is 12.3. The Bertz CT molecular complexity index is 859. The molecule has 0 fully saturated rings. The molecule has 1 amide bonds. The van der Waals surface area contributed by atoms with Crippen molar-refractivity contribution in [1.82, 2.24) is 10.3 Å². The second-order valence-electron chi connectivity index (χ2n) is 5.46. The van der Waals surface area contributed by atoms with Crippen LogP contribution in [0.15, 0.2) is 42.5 Å². The van der Waals surface area contributed by atoms with Crippen molar-refractivity contribution in [3.8, 4) is 10.6 Å². The van der Waals surface area contributed by atoms with Crippen LogP contribution in [0, 0.1) is 0 Å². The summed E-state index contributed by atoms with van der Waals surface area (Å²) in [5.74, 6) is -0.0677. The molecule has 2 heterocycles. The maximum absolute atomic E-state index is 12.7. The third-order valence-corrected chi connectivity index (χ3v) is 5.03. The average Bonchev–Trinajstić information content (AvgIpc) is 3.00. The van der Waals surface area contributed by atoms with Gasteiger partial charge in [-0.1, -0.05) is 36.7 Å². The molecule has 1 N–H and O–H groups in total. The first kappa shape index (κ1) is 16.0. The Labute approximate surface area is 144 Å². The zero-order chi connectivity index (χ0) is 16.4. The van der Waals surface area contributed by atoms with Crippen LogP contribution in [-0.2, 0) is 0 Å². The average molecular weight is 345 g/mol. The summed E-state index contributed by atoms with van der Waals surface area (Å²) >= 11 is 7.49. The molecule has 0 bridgehead atoms. The van der Waals surface area contributed by atoms with Gasteiger partial charge in [-0.25, -0.2) is 4.98 Å². The number of hydrogen-bond donors (Lipinski definition) is 1. The van der Waals surface area contributed by atoms with E-state index in [-0.39, 0.29) is 11.9 Å². The van der Waals surface area contributed by atoms with Crippen LogP contribution < -0.4 is 5.32 Å². The molecule has 3 aromatic rings. The molecule has 23 heavy (non-hydrogen) atoms. The molecule has 0 saturated carbocycles. The van der Waals surface area contributed by atoms with Gasteiger partial charge in [-0.2, -0.15) is 0 Å². The number of pyridine rings is 1. The van der Waals surface area contributed by atoms with Gasteiger partial charge in [0.2, 0.25) is 0 Å². The van der Waals surface area contributed by atoms with E-state index < -0.39 is 0 Å². The quantitative estimate of drug-likeness (QED) is 0.711. The SMILES string of the molecule is CC[C@H](C)NC(=O)c1cc(-c2ccc(Cl)s2)nc2ccccc12. The lowest BCUT2D eigenvalue weighted by Crippen LogP contribution is -2.32. The van der Waals surface area contributed by atoms with Crippen molar-refractivity contribution < 1.29 is 4.79 Å². The smallest absolute Gasteiger partial charge is 0.252 e. The Kier molecular flexibility index (Phi) is 4.64. The number of amides is 1. The van der Waals surface area contributed by atoms with Crippen molar-refractivity contribution in [2.45, 2.75) is 26.3 Å². The topological polar surface area (TPSA) is 42.0 Å². The standard InChI is InChI=1S/C18H17ClN2OS/c1-3-11(2)20-18(22)13-10-15(16-8-9-17(19)23-16)21-14-7-5-4-6-12(13)14/h4-11H,3H2,1-2H3,(H,20,22)/t11-/m0/s1. The van der Waals surface area contributed by atoms with Crippen molar-refractivity contribution in [3.05, 3.63) is 52.4 Å². The van der Waals surface area contributed by atoms with Crippen molar-refractivity contribution in [1.29, 1.82) is 0 Å². The van der Waals surface area contributed by atoms with Gasteiger partial charge in [-0.3, -0.25) is 4.79 Å². The fourth-order valence-electron chi connectivity index (χ4n) is 2.35. The first-order chi connectivity index (χ1) is 11.1. The molecule has 0 unspecified atom stereocenters. The molecule has 2 aromatic heterocycles. The van der Waals surface area contributed by atoms with Crippen LogP contribution in [0.1, 0.15) is 30.6 Å². The zero-order valence-corrected chi connectivity index (χ0v) is 14.5. The molecule has 0 aliphatic heterocycles. The molecule has 3 rings (SSSR count). The lowest BCUT2D eigenvalue weighted by molar-refractivity contribution is 0.0941. The maximum atomic E-state index is 12.7. The van der Waals surface area contributed by atoms with Crippen molar-refractivity contribution >= 4 is 39.7 Å². The Balaban J connectivity index is 2.13. The number of nitrogens with one attached hydrogen (secondary N) is 1. The molecule has 1 atom stereocenters. The van der Waals surface area contributed by atoms with Gasteiger partial charge >= 0.3 is 0 Å². The van der Waals surface area contributed by atoms with Gasteiger partial charge in [0, 0.05) is 11.4 Å². The summed E-state index contributed by atoms with van der Waals surface area (Å²) in [7, 11) is 0. The molecule has 0 radical (unpaired) electrons. The van der Waals surface area contributed by atoms with Crippen molar-refractivity contribution in [2.24, 2.45) is 0 Å². The van der Waals surface area contributed by atoms with Gasteiger partial charge in [-0.05, 0) is 37.6 Å². The summed E-state index contributed by atoms with van der Waals surface area (Å²) in [6, 6.07) is 13.5. The number of rotatable bonds is 4. The fourth-order valence-corrected chi connectivity index (χ4v) is 3.35. The predicted octanol–water partition coefficient (Wildman–Crippen LogP) is 5.15. The van der Waals surface area contributed by atoms with E-state index in [2.05, 4.69) is 17.2 Å². The van der Waals surface area contributed by atoms with Crippen LogP contribution in [-0.4, -0.2) is 16.9 Å². The lowest BCUT2D eigenvalue weighted by Gasteiger charge is -2.13. The highest BCUT2D eigenvalue weighted by atomic mass is 35.5. The summed E-state index contributed by atoms with van der Waals surface area (Å²) in [5, 5.41) is 3.89. The van der Waals surface area contributed by atoms with Crippen LogP contribution in [0.3, 0.4) is 0 Å². The Hall–Kier alpha value is -1.91. The molecule has 0 aliphatic rings. The molecule has 0 saturated heterocycles. The minimum atomic E-state index is -0.0677. The number of hydrogen-bond acceptors (Lipinski definition) is 3. The van der Waals surface area contributed by atoms with E-state index in [1.807, 2.05) is 49.4 Å². The minimum absolute atomic E-state index is 0.0677. The number of fused-ring (bicyclic) bond motifs is 1. The van der Waals surface area contributed by atoms with Crippen LogP contribution in [0.4, 0.5) is 0 Å². The number of halogens is 1. The van der Waals surface area contributed by atoms with Gasteiger partial charge in [0.15, 0.2) is 0 Å². The molecule has 3 nitrogen and oxygen atoms in total. The second-order valence-corrected chi connectivity index (χ2v) is 7.17. The summed E-state index contributed by atoms with van der Waals surface area (Å²) in [6.07, 6.45) is 0.891. The molecular weight excluding hydrogens is 328 g/mol. The number of benzene rings is 1. The fraction of sp³-hybridized carbons (Fsp3) is 0.222. The van der Waals surface area contributed by atoms with Crippen LogP contribution in [0.5, 0.6) is 0 Å². The molecule has 118 valence electrons. The van der Waals surface area contributed by atoms with E-state index in [1.165, 1.54) is 11.3 Å². The highest BCUT2D eigenvalue weighted by Crippen LogP contribution is 2.32. The number of thiophene rings is 1. The first-order valence-corrected chi connectivity index (χ1v) is 8.74. The van der Waals surface area contributed by atoms with Crippen molar-refractivity contribution in [3.63, 3.8) is 0 Å². The summed E-state index contributed by atoms with van der Waals surface area (Å²) in [6.45, 7) is 4.05. The first-order valence-electron chi connectivity index (χ1n) is 7.55. The van der Waals surface area contributed by atoms with E-state index in [0.29, 0.717) is 9.90 Å². The molecule has 5 heteroatoms. The van der Waals surface area contributed by atoms with E-state index in [9.17, 15) is 4.79 Å². The van der Waals surface area contributed by atoms with Gasteiger partial charge < -0.3 is 5.32 Å². The minimum Gasteiger partial charge on any atom is -0.350 e. The van der Waals surface area contributed by atoms with Gasteiger partial charge in [0.25, 0.3) is 5.91 Å². The summed E-state index contributed by atoms with van der Waals surface area (Å²) < 4.78 is 0.709. The number of carbonyl (C=O) groups excluding carboxylic acids is 1. The van der Waals surface area contributed by atoms with Gasteiger partial charge in [0.05, 0.1) is 26.0 Å². The van der Waals surface area contributed by atoms with E-state index in [1.54, 1.807) is 0 Å². The van der Waals surface area contributed by atoms with Crippen LogP contribution in [0.2, 0.25) is 4.34 Å². The predicted molar refractivity (Wildman–Crippen MR) is 97.3 cm³/mol. The molecular formula is C18H17ClN2OS. The zero-order valence-electron chi connectivity index (χ0n) is 13.0. The van der Waals surface area contributed by atoms with Gasteiger partial charge in [-0.15, -0.1) is 11.3 Å². The lowest BCUT2D eigenvalue weighted by atomic mass is 10.1. The third-order valence-electron chi connectivity index (χ3n) is 3.78. The monoisotopic (exact) mass is 344 g/mol. The largest absolute Gasteiger partial charge is 0.350 e. The van der Waals surface area contributed by atoms with E-state index in [4.69, 9.17) is 11.6 Å². The second kappa shape index (κ2) is 6.69. The number of carbonyl (C=O) groups is 1. The summed E-state index contributed by atoms with van der Waals surface area (Å²) in [4.78, 5) is 18.3. The number of para-hydroxylation sites is 1. The Morgan fingerprint density at radius 2 is 2.09 bits per heavy atom. The van der Waals surface area contributed by atoms with E-state index >= 15 is 0 Å². The van der Waals surface area contributed by atoms with Crippen LogP contribution >= 0.6 is 22.9 Å². The van der Waals surface area contributed by atoms with E-state index in [0.717, 1.165) is 27.9 Å². The molecule has 0 aliphatic carbocycles. The Morgan fingerprint density at radius 1 is 1.30 bits per heavy atom. The highest BCUT2D eigenvalue weighted by Gasteiger charge is 2.15. The highest BCUT2D eigenvalue weighted by molar-refractivity contribution is 7.19. The summed E-state index contributed by atoms with van der Waals surface area (Å²) in [5.41, 5.74) is 2.23. The van der Waals surface area contributed by atoms with Crippen molar-refractivity contribution in [2.75, 3.05) is 0 Å².